The summed E-state index contributed by atoms with van der Waals surface area (Å²) in [7, 11) is 0. The lowest BCUT2D eigenvalue weighted by atomic mass is 9.85. The Morgan fingerprint density at radius 2 is 1.57 bits per heavy atom. The van der Waals surface area contributed by atoms with Crippen LogP contribution in [0.25, 0.3) is 0 Å². The number of hydrogen-bond acceptors (Lipinski definition) is 5. The van der Waals surface area contributed by atoms with Gasteiger partial charge in [-0.2, -0.15) is 0 Å². The molecule has 0 N–H and O–H groups in total. The second-order valence-electron chi connectivity index (χ2n) is 7.28. The largest absolute Gasteiger partial charge is 0.457 e. The van der Waals surface area contributed by atoms with Crippen LogP contribution in [-0.4, -0.2) is 53.9 Å². The van der Waals surface area contributed by atoms with Crippen LogP contribution >= 0.6 is 0 Å². The van der Waals surface area contributed by atoms with E-state index in [4.69, 9.17) is 9.47 Å². The normalized spacial score (nSPS) is 18.9. The summed E-state index contributed by atoms with van der Waals surface area (Å²) in [6, 6.07) is 15.2. The van der Waals surface area contributed by atoms with Crippen molar-refractivity contribution in [3.05, 3.63) is 59.7 Å². The molecule has 0 aromatic heterocycles. The van der Waals surface area contributed by atoms with Gasteiger partial charge in [0.2, 0.25) is 5.91 Å². The zero-order chi connectivity index (χ0) is 19.3. The van der Waals surface area contributed by atoms with E-state index in [0.29, 0.717) is 31.1 Å². The minimum absolute atomic E-state index is 0.00905. The van der Waals surface area contributed by atoms with E-state index < -0.39 is 12.0 Å². The minimum Gasteiger partial charge on any atom is -0.457 e. The average Bonchev–Trinajstić information content (AvgIpc) is 2.99. The highest BCUT2D eigenvalue weighted by Crippen LogP contribution is 2.45. The van der Waals surface area contributed by atoms with E-state index >= 15 is 0 Å². The molecule has 5 rings (SSSR count). The number of nitrogens with zero attached hydrogens (tertiary/aromatic N) is 2. The van der Waals surface area contributed by atoms with Crippen LogP contribution in [0, 0.1) is 5.92 Å². The van der Waals surface area contributed by atoms with Crippen molar-refractivity contribution < 1.29 is 23.9 Å². The molecule has 3 heterocycles. The maximum atomic E-state index is 13.3. The van der Waals surface area contributed by atoms with Crippen molar-refractivity contribution in [1.82, 2.24) is 9.80 Å². The number of carbonyl (C=O) groups excluding carboxylic acids is 3. The predicted molar refractivity (Wildman–Crippen MR) is 97.9 cm³/mol. The van der Waals surface area contributed by atoms with Crippen molar-refractivity contribution in [2.75, 3.05) is 26.2 Å². The maximum absolute atomic E-state index is 13.3. The third kappa shape index (κ3) is 2.62. The first-order valence-corrected chi connectivity index (χ1v) is 9.23. The van der Waals surface area contributed by atoms with E-state index in [0.717, 1.165) is 16.0 Å². The van der Waals surface area contributed by atoms with Crippen LogP contribution in [0.4, 0.5) is 4.79 Å². The fourth-order valence-electron chi connectivity index (χ4n) is 4.04. The van der Waals surface area contributed by atoms with Crippen molar-refractivity contribution in [3.8, 4) is 11.5 Å². The number of hydrogen-bond donors (Lipinski definition) is 0. The van der Waals surface area contributed by atoms with Gasteiger partial charge in [0.1, 0.15) is 11.5 Å². The summed E-state index contributed by atoms with van der Waals surface area (Å²) in [6.45, 7) is 1.13. The van der Waals surface area contributed by atoms with Crippen LogP contribution in [0.5, 0.6) is 11.5 Å². The summed E-state index contributed by atoms with van der Waals surface area (Å²) >= 11 is 0. The maximum Gasteiger partial charge on any atom is 0.417 e. The van der Waals surface area contributed by atoms with Crippen molar-refractivity contribution in [3.63, 3.8) is 0 Å². The fraction of sp³-hybridized carbons (Fsp3) is 0.286. The third-order valence-electron chi connectivity index (χ3n) is 5.48. The van der Waals surface area contributed by atoms with Crippen LogP contribution in [-0.2, 0) is 14.3 Å². The monoisotopic (exact) mass is 378 g/mol. The molecule has 7 nitrogen and oxygen atoms in total. The zero-order valence-electron chi connectivity index (χ0n) is 15.0. The predicted octanol–water partition coefficient (Wildman–Crippen LogP) is 2.36. The molecule has 0 saturated carbocycles. The van der Waals surface area contributed by atoms with Gasteiger partial charge in [0.05, 0.1) is 5.92 Å². The topological polar surface area (TPSA) is 76.2 Å². The number of cyclic esters (lactones) is 1. The minimum atomic E-state index is -0.595. The van der Waals surface area contributed by atoms with Gasteiger partial charge in [-0.05, 0) is 12.1 Å². The highest BCUT2D eigenvalue weighted by atomic mass is 16.6. The molecule has 2 fully saturated rings. The highest BCUT2D eigenvalue weighted by molar-refractivity contribution is 5.97. The smallest absolute Gasteiger partial charge is 0.417 e. The van der Waals surface area contributed by atoms with Gasteiger partial charge < -0.3 is 14.4 Å². The summed E-state index contributed by atoms with van der Waals surface area (Å²) in [6.07, 6.45) is -0.595. The second kappa shape index (κ2) is 6.37. The van der Waals surface area contributed by atoms with Gasteiger partial charge in [-0.15, -0.1) is 0 Å². The lowest BCUT2D eigenvalue weighted by Gasteiger charge is -2.42. The van der Waals surface area contributed by atoms with Crippen LogP contribution in [0.15, 0.2) is 48.5 Å². The quantitative estimate of drug-likeness (QED) is 0.820. The lowest BCUT2D eigenvalue weighted by molar-refractivity contribution is -0.139. The van der Waals surface area contributed by atoms with Gasteiger partial charge in [-0.1, -0.05) is 36.4 Å². The molecular weight excluding hydrogens is 360 g/mol. The molecule has 3 aliphatic rings. The number of ether oxygens (including phenoxy) is 2. The number of imide groups is 1. The highest BCUT2D eigenvalue weighted by Gasteiger charge is 2.42. The first-order valence-electron chi connectivity index (χ1n) is 9.23. The molecule has 28 heavy (non-hydrogen) atoms. The molecule has 3 amide bonds. The standard InChI is InChI=1S/C21H18N2O5/c24-18-12-27-21(26)23(18)11-13-9-22(10-13)20(25)19-14-5-1-3-7-16(14)28-17-8-4-2-6-15(17)19/h1-8,13,19H,9-12H2. The van der Waals surface area contributed by atoms with Crippen molar-refractivity contribution >= 4 is 17.9 Å². The Kier molecular flexibility index (Phi) is 3.82. The Bertz CT molecular complexity index is 921. The molecule has 2 saturated heterocycles. The molecule has 0 aliphatic carbocycles. The van der Waals surface area contributed by atoms with Crippen LogP contribution in [0.3, 0.4) is 0 Å². The summed E-state index contributed by atoms with van der Waals surface area (Å²) in [5.41, 5.74) is 1.71. The average molecular weight is 378 g/mol. The van der Waals surface area contributed by atoms with Crippen molar-refractivity contribution in [2.45, 2.75) is 5.92 Å². The number of amides is 3. The van der Waals surface area contributed by atoms with E-state index in [1.807, 2.05) is 48.5 Å². The molecule has 2 aromatic carbocycles. The Morgan fingerprint density at radius 3 is 2.14 bits per heavy atom. The van der Waals surface area contributed by atoms with E-state index in [9.17, 15) is 14.4 Å². The van der Waals surface area contributed by atoms with Crippen molar-refractivity contribution in [2.24, 2.45) is 5.92 Å². The lowest BCUT2D eigenvalue weighted by Crippen LogP contribution is -2.55. The van der Waals surface area contributed by atoms with Gasteiger partial charge in [0, 0.05) is 36.7 Å². The zero-order valence-corrected chi connectivity index (χ0v) is 15.0. The first-order chi connectivity index (χ1) is 13.6. The van der Waals surface area contributed by atoms with Gasteiger partial charge >= 0.3 is 6.09 Å². The molecule has 0 unspecified atom stereocenters. The molecule has 0 radical (unpaired) electrons. The molecule has 0 bridgehead atoms. The number of benzene rings is 2. The summed E-state index contributed by atoms with van der Waals surface area (Å²) in [4.78, 5) is 39.5. The fourth-order valence-corrected chi connectivity index (χ4v) is 4.04. The number of fused-ring (bicyclic) bond motifs is 2. The Balaban J connectivity index is 1.34. The number of para-hydroxylation sites is 2. The molecule has 7 heteroatoms. The van der Waals surface area contributed by atoms with Gasteiger partial charge in [-0.3, -0.25) is 9.59 Å². The SMILES string of the molecule is O=C(C1c2ccccc2Oc2ccccc21)N1CC(CN2C(=O)COC2=O)C1. The first kappa shape index (κ1) is 16.8. The van der Waals surface area contributed by atoms with Crippen LogP contribution < -0.4 is 4.74 Å². The number of rotatable bonds is 3. The van der Waals surface area contributed by atoms with Gasteiger partial charge in [0.15, 0.2) is 6.61 Å². The number of carbonyl (C=O) groups is 3. The summed E-state index contributed by atoms with van der Waals surface area (Å²) in [5, 5.41) is 0. The van der Waals surface area contributed by atoms with E-state index in [2.05, 4.69) is 0 Å². The Morgan fingerprint density at radius 1 is 0.964 bits per heavy atom. The van der Waals surface area contributed by atoms with Crippen molar-refractivity contribution in [1.29, 1.82) is 0 Å². The summed E-state index contributed by atoms with van der Waals surface area (Å²) < 4.78 is 10.7. The Hall–Kier alpha value is -3.35. The van der Waals surface area contributed by atoms with Gasteiger partial charge in [-0.25, -0.2) is 9.69 Å². The van der Waals surface area contributed by atoms with E-state index in [-0.39, 0.29) is 24.3 Å². The molecule has 3 aliphatic heterocycles. The van der Waals surface area contributed by atoms with Crippen LogP contribution in [0.1, 0.15) is 17.0 Å². The summed E-state index contributed by atoms with van der Waals surface area (Å²) in [5.74, 6) is 0.741. The van der Waals surface area contributed by atoms with E-state index in [1.54, 1.807) is 4.90 Å². The number of likely N-dealkylation sites (tertiary alicyclic amines) is 1. The Labute approximate surface area is 161 Å². The van der Waals surface area contributed by atoms with Crippen LogP contribution in [0.2, 0.25) is 0 Å². The second-order valence-corrected chi connectivity index (χ2v) is 7.28. The molecule has 2 aromatic rings. The molecule has 0 atom stereocenters. The molecular formula is C21H18N2O5. The van der Waals surface area contributed by atoms with E-state index in [1.165, 1.54) is 0 Å². The third-order valence-corrected chi connectivity index (χ3v) is 5.48. The molecule has 0 spiro atoms. The molecule has 142 valence electrons. The van der Waals surface area contributed by atoms with Gasteiger partial charge in [0.25, 0.3) is 5.91 Å².